The Balaban J connectivity index is 1.44. The van der Waals surface area contributed by atoms with Gasteiger partial charge < -0.3 is 4.42 Å². The fraction of sp³-hybridized carbons (Fsp3) is 0.250. The summed E-state index contributed by atoms with van der Waals surface area (Å²) in [5, 5.41) is 4.07. The van der Waals surface area contributed by atoms with Crippen molar-refractivity contribution in [3.63, 3.8) is 0 Å². The summed E-state index contributed by atoms with van der Waals surface area (Å²) in [6, 6.07) is 14.0. The van der Waals surface area contributed by atoms with Crippen LogP contribution in [-0.4, -0.2) is 27.6 Å². The molecule has 0 saturated heterocycles. The number of aromatic nitrogens is 2. The predicted octanol–water partition coefficient (Wildman–Crippen LogP) is 2.68. The monoisotopic (exact) mass is 363 g/mol. The van der Waals surface area contributed by atoms with Gasteiger partial charge in [-0.25, -0.2) is 10.4 Å². The minimum Gasteiger partial charge on any atom is -0.460 e. The first kappa shape index (κ1) is 17.2. The third kappa shape index (κ3) is 4.15. The van der Waals surface area contributed by atoms with E-state index in [1.807, 2.05) is 37.3 Å². The molecule has 138 valence electrons. The van der Waals surface area contributed by atoms with Gasteiger partial charge in [0.15, 0.2) is 0 Å². The molecule has 7 heteroatoms. The van der Waals surface area contributed by atoms with Crippen molar-refractivity contribution < 1.29 is 4.42 Å². The number of hydrazone groups is 1. The van der Waals surface area contributed by atoms with E-state index in [0.29, 0.717) is 18.3 Å². The molecule has 1 aliphatic heterocycles. The molecule has 0 fully saturated rings. The number of benzene rings is 1. The third-order valence-corrected chi connectivity index (χ3v) is 4.52. The summed E-state index contributed by atoms with van der Waals surface area (Å²) in [5.74, 6) is 1.79. The molecule has 0 radical (unpaired) electrons. The lowest BCUT2D eigenvalue weighted by molar-refractivity contribution is 0.242. The van der Waals surface area contributed by atoms with Crippen LogP contribution in [0.15, 0.2) is 56.8 Å². The standard InChI is InChI=1S/C20H21N5O2/c1-14-7-8-16(27-14)11-21-24-20-22-18-9-10-25(13-17(18)19(26)23-20)12-15-5-3-2-4-6-15/h2-8,11H,9-10,12-13H2,1H3,(H2,22,23,24,26)/b21-11-. The molecular weight excluding hydrogens is 342 g/mol. The van der Waals surface area contributed by atoms with E-state index in [1.54, 1.807) is 6.21 Å². The normalized spacial score (nSPS) is 14.4. The van der Waals surface area contributed by atoms with Crippen molar-refractivity contribution in [1.82, 2.24) is 14.9 Å². The van der Waals surface area contributed by atoms with Crippen molar-refractivity contribution in [2.75, 3.05) is 12.0 Å². The van der Waals surface area contributed by atoms with Crippen LogP contribution in [0, 0.1) is 6.92 Å². The van der Waals surface area contributed by atoms with E-state index in [4.69, 9.17) is 4.42 Å². The summed E-state index contributed by atoms with van der Waals surface area (Å²) in [6.45, 7) is 4.16. The van der Waals surface area contributed by atoms with Crippen LogP contribution >= 0.6 is 0 Å². The van der Waals surface area contributed by atoms with Crippen molar-refractivity contribution >= 4 is 12.2 Å². The molecule has 0 amide bonds. The van der Waals surface area contributed by atoms with Gasteiger partial charge in [-0.1, -0.05) is 30.3 Å². The van der Waals surface area contributed by atoms with Gasteiger partial charge in [0.25, 0.3) is 5.56 Å². The average Bonchev–Trinajstić information content (AvgIpc) is 3.08. The SMILES string of the molecule is Cc1ccc(/C=N\Nc2nc3c(c(=O)[nH]2)CN(Cc2ccccc2)CC3)o1. The Morgan fingerprint density at radius 2 is 2.15 bits per heavy atom. The van der Waals surface area contributed by atoms with Crippen LogP contribution in [-0.2, 0) is 19.5 Å². The van der Waals surface area contributed by atoms with Crippen LogP contribution in [0.25, 0.3) is 0 Å². The zero-order valence-electron chi connectivity index (χ0n) is 15.1. The van der Waals surface area contributed by atoms with E-state index >= 15 is 0 Å². The Morgan fingerprint density at radius 3 is 2.93 bits per heavy atom. The number of aryl methyl sites for hydroxylation is 1. The van der Waals surface area contributed by atoms with Crippen LogP contribution in [0.4, 0.5) is 5.95 Å². The van der Waals surface area contributed by atoms with E-state index in [9.17, 15) is 4.79 Å². The van der Waals surface area contributed by atoms with Gasteiger partial charge in [0.1, 0.15) is 11.5 Å². The highest BCUT2D eigenvalue weighted by atomic mass is 16.3. The van der Waals surface area contributed by atoms with Gasteiger partial charge in [-0.2, -0.15) is 5.10 Å². The van der Waals surface area contributed by atoms with Gasteiger partial charge in [0.2, 0.25) is 5.95 Å². The number of fused-ring (bicyclic) bond motifs is 1. The highest BCUT2D eigenvalue weighted by Crippen LogP contribution is 2.17. The molecule has 3 heterocycles. The second kappa shape index (κ2) is 7.59. The summed E-state index contributed by atoms with van der Waals surface area (Å²) in [5.41, 5.74) is 5.45. The molecule has 4 rings (SSSR count). The number of nitrogens with one attached hydrogen (secondary N) is 2. The zero-order valence-corrected chi connectivity index (χ0v) is 15.1. The zero-order chi connectivity index (χ0) is 18.6. The van der Waals surface area contributed by atoms with Gasteiger partial charge >= 0.3 is 0 Å². The van der Waals surface area contributed by atoms with Gasteiger partial charge in [-0.3, -0.25) is 14.7 Å². The van der Waals surface area contributed by atoms with Crippen LogP contribution in [0.1, 0.15) is 28.3 Å². The number of aromatic amines is 1. The fourth-order valence-corrected chi connectivity index (χ4v) is 3.19. The molecule has 2 N–H and O–H groups in total. The van der Waals surface area contributed by atoms with Gasteiger partial charge in [-0.05, 0) is 24.6 Å². The fourth-order valence-electron chi connectivity index (χ4n) is 3.19. The minimum absolute atomic E-state index is 0.121. The Kier molecular flexibility index (Phi) is 4.84. The predicted molar refractivity (Wildman–Crippen MR) is 104 cm³/mol. The van der Waals surface area contributed by atoms with Crippen molar-refractivity contribution in [3.05, 3.63) is 81.2 Å². The molecule has 27 heavy (non-hydrogen) atoms. The topological polar surface area (TPSA) is 86.5 Å². The number of hydrogen-bond acceptors (Lipinski definition) is 6. The van der Waals surface area contributed by atoms with E-state index < -0.39 is 0 Å². The molecule has 3 aromatic rings. The maximum absolute atomic E-state index is 12.5. The highest BCUT2D eigenvalue weighted by Gasteiger charge is 2.21. The van der Waals surface area contributed by atoms with Gasteiger partial charge in [-0.15, -0.1) is 0 Å². The molecule has 0 saturated carbocycles. The maximum atomic E-state index is 12.5. The van der Waals surface area contributed by atoms with Gasteiger partial charge in [0, 0.05) is 26.1 Å². The third-order valence-electron chi connectivity index (χ3n) is 4.52. The number of anilines is 1. The molecule has 0 spiro atoms. The average molecular weight is 363 g/mol. The van der Waals surface area contributed by atoms with E-state index in [1.165, 1.54) is 5.56 Å². The number of rotatable bonds is 5. The summed E-state index contributed by atoms with van der Waals surface area (Å²) in [4.78, 5) is 22.0. The molecular formula is C20H21N5O2. The quantitative estimate of drug-likeness (QED) is 0.538. The van der Waals surface area contributed by atoms with Crippen LogP contribution < -0.4 is 11.0 Å². The Bertz CT molecular complexity index is 1010. The number of H-pyrrole nitrogens is 1. The lowest BCUT2D eigenvalue weighted by Gasteiger charge is -2.27. The molecule has 0 atom stereocenters. The molecule has 1 aromatic carbocycles. The van der Waals surface area contributed by atoms with Crippen molar-refractivity contribution in [2.45, 2.75) is 26.4 Å². The second-order valence-electron chi connectivity index (χ2n) is 6.60. The Morgan fingerprint density at radius 1 is 1.30 bits per heavy atom. The number of nitrogens with zero attached hydrogens (tertiary/aromatic N) is 3. The van der Waals surface area contributed by atoms with Crippen molar-refractivity contribution in [1.29, 1.82) is 0 Å². The minimum atomic E-state index is -0.121. The van der Waals surface area contributed by atoms with E-state index in [2.05, 4.69) is 37.5 Å². The summed E-state index contributed by atoms with van der Waals surface area (Å²) in [6.07, 6.45) is 2.29. The lowest BCUT2D eigenvalue weighted by atomic mass is 10.1. The van der Waals surface area contributed by atoms with E-state index in [-0.39, 0.29) is 5.56 Å². The van der Waals surface area contributed by atoms with Gasteiger partial charge in [0.05, 0.1) is 17.5 Å². The lowest BCUT2D eigenvalue weighted by Crippen LogP contribution is -2.35. The first-order valence-electron chi connectivity index (χ1n) is 8.91. The van der Waals surface area contributed by atoms with Crippen LogP contribution in [0.2, 0.25) is 0 Å². The molecule has 0 bridgehead atoms. The Labute approximate surface area is 156 Å². The summed E-state index contributed by atoms with van der Waals surface area (Å²) >= 11 is 0. The number of hydrogen-bond donors (Lipinski definition) is 2. The first-order valence-corrected chi connectivity index (χ1v) is 8.91. The number of furan rings is 1. The van der Waals surface area contributed by atoms with E-state index in [0.717, 1.165) is 36.5 Å². The van der Waals surface area contributed by atoms with Crippen LogP contribution in [0.3, 0.4) is 0 Å². The highest BCUT2D eigenvalue weighted by molar-refractivity contribution is 5.76. The molecule has 0 aliphatic carbocycles. The second-order valence-corrected chi connectivity index (χ2v) is 6.60. The van der Waals surface area contributed by atoms with Crippen molar-refractivity contribution in [2.24, 2.45) is 5.10 Å². The molecule has 1 aliphatic rings. The molecule has 7 nitrogen and oxygen atoms in total. The Hall–Kier alpha value is -3.19. The van der Waals surface area contributed by atoms with Crippen LogP contribution in [0.5, 0.6) is 0 Å². The summed E-state index contributed by atoms with van der Waals surface area (Å²) in [7, 11) is 0. The maximum Gasteiger partial charge on any atom is 0.257 e. The molecule has 2 aromatic heterocycles. The van der Waals surface area contributed by atoms with Crippen molar-refractivity contribution in [3.8, 4) is 0 Å². The largest absolute Gasteiger partial charge is 0.460 e. The summed E-state index contributed by atoms with van der Waals surface area (Å²) < 4.78 is 5.41. The first-order chi connectivity index (χ1) is 13.2. The smallest absolute Gasteiger partial charge is 0.257 e. The molecule has 0 unspecified atom stereocenters.